The number of rotatable bonds is 7. The second-order valence-corrected chi connectivity index (χ2v) is 3.94. The Bertz CT molecular complexity index is 375. The van der Waals surface area contributed by atoms with Crippen LogP contribution in [0.15, 0.2) is 24.3 Å². The third-order valence-corrected chi connectivity index (χ3v) is 2.82. The standard InChI is InChI=1S/C14H21NO3/c1-3-15(4-2)14(17)11-18-13-8-6-5-7-12(13)9-10-16/h5-8,16H,3-4,9-11H2,1-2H3. The fraction of sp³-hybridized carbons (Fsp3) is 0.500. The zero-order chi connectivity index (χ0) is 13.4. The second-order valence-electron chi connectivity index (χ2n) is 3.94. The highest BCUT2D eigenvalue weighted by molar-refractivity contribution is 5.77. The number of likely N-dealkylation sites (N-methyl/N-ethyl adjacent to an activating group) is 1. The summed E-state index contributed by atoms with van der Waals surface area (Å²) in [6, 6.07) is 7.47. The van der Waals surface area contributed by atoms with Crippen LogP contribution in [0.5, 0.6) is 5.75 Å². The maximum atomic E-state index is 11.8. The minimum absolute atomic E-state index is 0.0150. The van der Waals surface area contributed by atoms with Gasteiger partial charge in [0.15, 0.2) is 6.61 Å². The minimum Gasteiger partial charge on any atom is -0.483 e. The summed E-state index contributed by atoms with van der Waals surface area (Å²) in [4.78, 5) is 13.5. The Kier molecular flexibility index (Phi) is 6.22. The molecule has 100 valence electrons. The molecule has 1 aromatic rings. The van der Waals surface area contributed by atoms with E-state index in [1.165, 1.54) is 0 Å². The number of amides is 1. The molecule has 0 bridgehead atoms. The average molecular weight is 251 g/mol. The molecule has 0 atom stereocenters. The van der Waals surface area contributed by atoms with Gasteiger partial charge in [-0.15, -0.1) is 0 Å². The van der Waals surface area contributed by atoms with Crippen molar-refractivity contribution in [3.8, 4) is 5.75 Å². The number of ether oxygens (including phenoxy) is 1. The van der Waals surface area contributed by atoms with Crippen molar-refractivity contribution in [1.29, 1.82) is 0 Å². The number of aliphatic hydroxyl groups excluding tert-OH is 1. The van der Waals surface area contributed by atoms with Crippen LogP contribution < -0.4 is 4.74 Å². The van der Waals surface area contributed by atoms with Gasteiger partial charge in [-0.05, 0) is 31.9 Å². The lowest BCUT2D eigenvalue weighted by molar-refractivity contribution is -0.132. The van der Waals surface area contributed by atoms with Crippen molar-refractivity contribution in [2.75, 3.05) is 26.3 Å². The maximum absolute atomic E-state index is 11.8. The van der Waals surface area contributed by atoms with Crippen molar-refractivity contribution < 1.29 is 14.6 Å². The van der Waals surface area contributed by atoms with Crippen LogP contribution in [0.1, 0.15) is 19.4 Å². The van der Waals surface area contributed by atoms with E-state index in [9.17, 15) is 4.79 Å². The Balaban J connectivity index is 2.60. The molecule has 0 saturated heterocycles. The number of hydrogen-bond donors (Lipinski definition) is 1. The fourth-order valence-corrected chi connectivity index (χ4v) is 1.78. The van der Waals surface area contributed by atoms with Gasteiger partial charge < -0.3 is 14.7 Å². The van der Waals surface area contributed by atoms with Gasteiger partial charge in [0, 0.05) is 19.7 Å². The predicted octanol–water partition coefficient (Wildman–Crippen LogP) is 1.47. The number of benzene rings is 1. The topological polar surface area (TPSA) is 49.8 Å². The summed E-state index contributed by atoms with van der Waals surface area (Å²) in [5, 5.41) is 8.96. The first-order valence-electron chi connectivity index (χ1n) is 6.32. The first kappa shape index (κ1) is 14.5. The van der Waals surface area contributed by atoms with Crippen molar-refractivity contribution in [2.24, 2.45) is 0 Å². The zero-order valence-corrected chi connectivity index (χ0v) is 11.1. The normalized spacial score (nSPS) is 10.2. The molecule has 4 nitrogen and oxygen atoms in total. The molecule has 1 rings (SSSR count). The Hall–Kier alpha value is -1.55. The van der Waals surface area contributed by atoms with Crippen LogP contribution in [0, 0.1) is 0 Å². The summed E-state index contributed by atoms with van der Waals surface area (Å²) < 4.78 is 5.53. The first-order chi connectivity index (χ1) is 8.72. The van der Waals surface area contributed by atoms with E-state index in [1.54, 1.807) is 4.90 Å². The fourth-order valence-electron chi connectivity index (χ4n) is 1.78. The molecule has 0 fully saturated rings. The molecule has 0 saturated carbocycles. The zero-order valence-electron chi connectivity index (χ0n) is 11.1. The summed E-state index contributed by atoms with van der Waals surface area (Å²) >= 11 is 0. The molecule has 0 radical (unpaired) electrons. The number of para-hydroxylation sites is 1. The molecule has 0 aliphatic heterocycles. The lowest BCUT2D eigenvalue weighted by atomic mass is 10.1. The molecular weight excluding hydrogens is 230 g/mol. The van der Waals surface area contributed by atoms with Gasteiger partial charge in [0.1, 0.15) is 5.75 Å². The van der Waals surface area contributed by atoms with Crippen molar-refractivity contribution in [2.45, 2.75) is 20.3 Å². The summed E-state index contributed by atoms with van der Waals surface area (Å²) in [5.41, 5.74) is 0.923. The van der Waals surface area contributed by atoms with Crippen LogP contribution >= 0.6 is 0 Å². The molecule has 0 unspecified atom stereocenters. The van der Waals surface area contributed by atoms with Crippen LogP contribution in [0.25, 0.3) is 0 Å². The van der Waals surface area contributed by atoms with Crippen molar-refractivity contribution in [1.82, 2.24) is 4.90 Å². The molecule has 4 heteroatoms. The molecule has 0 heterocycles. The summed E-state index contributed by atoms with van der Waals surface area (Å²) in [6.07, 6.45) is 0.537. The Morgan fingerprint density at radius 3 is 2.56 bits per heavy atom. The van der Waals surface area contributed by atoms with E-state index >= 15 is 0 Å². The molecule has 0 aliphatic carbocycles. The highest BCUT2D eigenvalue weighted by Crippen LogP contribution is 2.18. The molecule has 1 amide bonds. The minimum atomic E-state index is -0.0150. The Morgan fingerprint density at radius 2 is 1.94 bits per heavy atom. The number of aliphatic hydroxyl groups is 1. The molecule has 18 heavy (non-hydrogen) atoms. The number of carbonyl (C=O) groups is 1. The molecular formula is C14H21NO3. The van der Waals surface area contributed by atoms with Crippen LogP contribution in [0.3, 0.4) is 0 Å². The molecule has 0 spiro atoms. The van der Waals surface area contributed by atoms with E-state index in [-0.39, 0.29) is 19.1 Å². The number of hydrogen-bond acceptors (Lipinski definition) is 3. The number of nitrogens with zero attached hydrogens (tertiary/aromatic N) is 1. The SMILES string of the molecule is CCN(CC)C(=O)COc1ccccc1CCO. The summed E-state index contributed by atoms with van der Waals surface area (Å²) in [5.74, 6) is 0.658. The van der Waals surface area contributed by atoms with Crippen molar-refractivity contribution in [3.63, 3.8) is 0 Å². The average Bonchev–Trinajstić information content (AvgIpc) is 2.39. The van der Waals surface area contributed by atoms with E-state index in [2.05, 4.69) is 0 Å². The Labute approximate surface area is 108 Å². The van der Waals surface area contributed by atoms with Gasteiger partial charge in [0.05, 0.1) is 0 Å². The third-order valence-electron chi connectivity index (χ3n) is 2.82. The van der Waals surface area contributed by atoms with E-state index in [0.29, 0.717) is 25.3 Å². The Morgan fingerprint density at radius 1 is 1.28 bits per heavy atom. The quantitative estimate of drug-likeness (QED) is 0.798. The second kappa shape index (κ2) is 7.71. The van der Waals surface area contributed by atoms with E-state index in [1.807, 2.05) is 38.1 Å². The monoisotopic (exact) mass is 251 g/mol. The van der Waals surface area contributed by atoms with Gasteiger partial charge in [0.2, 0.25) is 0 Å². The molecule has 0 aliphatic rings. The molecule has 1 N–H and O–H groups in total. The maximum Gasteiger partial charge on any atom is 0.260 e. The van der Waals surface area contributed by atoms with Crippen molar-refractivity contribution >= 4 is 5.91 Å². The van der Waals surface area contributed by atoms with E-state index < -0.39 is 0 Å². The lowest BCUT2D eigenvalue weighted by Crippen LogP contribution is -2.34. The van der Waals surface area contributed by atoms with E-state index in [0.717, 1.165) is 5.56 Å². The van der Waals surface area contributed by atoms with Crippen LogP contribution in [-0.2, 0) is 11.2 Å². The predicted molar refractivity (Wildman–Crippen MR) is 70.7 cm³/mol. The highest BCUT2D eigenvalue weighted by atomic mass is 16.5. The van der Waals surface area contributed by atoms with Crippen molar-refractivity contribution in [3.05, 3.63) is 29.8 Å². The summed E-state index contributed by atoms with van der Waals surface area (Å²) in [6.45, 7) is 5.39. The largest absolute Gasteiger partial charge is 0.483 e. The summed E-state index contributed by atoms with van der Waals surface area (Å²) in [7, 11) is 0. The number of carbonyl (C=O) groups excluding carboxylic acids is 1. The third kappa shape index (κ3) is 4.04. The smallest absolute Gasteiger partial charge is 0.260 e. The molecule has 0 aromatic heterocycles. The van der Waals surface area contributed by atoms with Gasteiger partial charge in [-0.2, -0.15) is 0 Å². The van der Waals surface area contributed by atoms with Gasteiger partial charge in [-0.25, -0.2) is 0 Å². The van der Waals surface area contributed by atoms with Gasteiger partial charge in [0.25, 0.3) is 5.91 Å². The van der Waals surface area contributed by atoms with Crippen LogP contribution in [0.4, 0.5) is 0 Å². The lowest BCUT2D eigenvalue weighted by Gasteiger charge is -2.19. The van der Waals surface area contributed by atoms with Gasteiger partial charge >= 0.3 is 0 Å². The van der Waals surface area contributed by atoms with Crippen LogP contribution in [-0.4, -0.2) is 42.2 Å². The molecule has 1 aromatic carbocycles. The van der Waals surface area contributed by atoms with Gasteiger partial charge in [-0.1, -0.05) is 18.2 Å². The first-order valence-corrected chi connectivity index (χ1v) is 6.32. The highest BCUT2D eigenvalue weighted by Gasteiger charge is 2.11. The van der Waals surface area contributed by atoms with Gasteiger partial charge in [-0.3, -0.25) is 4.79 Å². The van der Waals surface area contributed by atoms with Crippen LogP contribution in [0.2, 0.25) is 0 Å². The van der Waals surface area contributed by atoms with E-state index in [4.69, 9.17) is 9.84 Å².